The van der Waals surface area contributed by atoms with E-state index in [0.717, 1.165) is 18.5 Å². The summed E-state index contributed by atoms with van der Waals surface area (Å²) in [6.45, 7) is 1.52. The molecule has 6 nitrogen and oxygen atoms in total. The third-order valence-corrected chi connectivity index (χ3v) is 5.69. The molecule has 0 bridgehead atoms. The normalized spacial score (nSPS) is 26.2. The van der Waals surface area contributed by atoms with Crippen LogP contribution in [0.25, 0.3) is 0 Å². The van der Waals surface area contributed by atoms with Crippen LogP contribution in [0.4, 0.5) is 4.39 Å². The van der Waals surface area contributed by atoms with Gasteiger partial charge in [0.15, 0.2) is 0 Å². The quantitative estimate of drug-likeness (QED) is 0.843. The van der Waals surface area contributed by atoms with E-state index < -0.39 is 11.8 Å². The first-order valence-corrected chi connectivity index (χ1v) is 9.18. The van der Waals surface area contributed by atoms with Gasteiger partial charge in [-0.25, -0.2) is 4.39 Å². The zero-order valence-corrected chi connectivity index (χ0v) is 15.2. The van der Waals surface area contributed by atoms with Gasteiger partial charge in [0.1, 0.15) is 6.17 Å². The number of halogens is 1. The van der Waals surface area contributed by atoms with Crippen molar-refractivity contribution >= 4 is 5.91 Å². The first-order chi connectivity index (χ1) is 11.9. The van der Waals surface area contributed by atoms with Crippen molar-refractivity contribution in [3.8, 4) is 0 Å². The first kappa shape index (κ1) is 18.3. The number of likely N-dealkylation sites (N-methyl/N-ethyl adjacent to an activating group) is 1. The number of aliphatic hydroxyl groups is 1. The molecule has 1 N–H and O–H groups in total. The maximum atomic E-state index is 14.0. The summed E-state index contributed by atoms with van der Waals surface area (Å²) >= 11 is 0. The summed E-state index contributed by atoms with van der Waals surface area (Å²) in [4.78, 5) is 16.2. The number of carbonyl (C=O) groups is 1. The molecule has 1 aliphatic carbocycles. The summed E-state index contributed by atoms with van der Waals surface area (Å²) in [5, 5.41) is 14.6. The number of aryl methyl sites for hydroxylation is 1. The van der Waals surface area contributed by atoms with Crippen LogP contribution in [-0.4, -0.2) is 68.5 Å². The Morgan fingerprint density at radius 3 is 2.84 bits per heavy atom. The van der Waals surface area contributed by atoms with Crippen LogP contribution in [0.1, 0.15) is 44.2 Å². The van der Waals surface area contributed by atoms with E-state index in [0.29, 0.717) is 38.9 Å². The van der Waals surface area contributed by atoms with Gasteiger partial charge in [-0.05, 0) is 25.3 Å². The minimum absolute atomic E-state index is 0.00271. The summed E-state index contributed by atoms with van der Waals surface area (Å²) in [6.07, 6.45) is 4.88. The predicted octanol–water partition coefficient (Wildman–Crippen LogP) is 1.49. The SMILES string of the molecule is CN(C[C@@H]1C[C@H](F)CN1Cc1ccnn1C)C(=O)CC1(O)CCCC1. The van der Waals surface area contributed by atoms with Crippen LogP contribution in [0.5, 0.6) is 0 Å². The van der Waals surface area contributed by atoms with Crippen LogP contribution < -0.4 is 0 Å². The van der Waals surface area contributed by atoms with Gasteiger partial charge in [-0.2, -0.15) is 5.10 Å². The van der Waals surface area contributed by atoms with Crippen LogP contribution >= 0.6 is 0 Å². The van der Waals surface area contributed by atoms with Gasteiger partial charge >= 0.3 is 0 Å². The highest BCUT2D eigenvalue weighted by Crippen LogP contribution is 2.33. The highest BCUT2D eigenvalue weighted by molar-refractivity contribution is 5.77. The topological polar surface area (TPSA) is 61.6 Å². The number of rotatable bonds is 6. The summed E-state index contributed by atoms with van der Waals surface area (Å²) in [7, 11) is 3.64. The number of amides is 1. The van der Waals surface area contributed by atoms with E-state index in [2.05, 4.69) is 10.00 Å². The molecule has 2 atom stereocenters. The number of carbonyl (C=O) groups excluding carboxylic acids is 1. The zero-order chi connectivity index (χ0) is 18.0. The Kier molecular flexibility index (Phi) is 5.43. The number of nitrogens with zero attached hydrogens (tertiary/aromatic N) is 4. The number of aromatic nitrogens is 2. The number of hydrogen-bond donors (Lipinski definition) is 1. The Hall–Kier alpha value is -1.47. The second kappa shape index (κ2) is 7.41. The van der Waals surface area contributed by atoms with Gasteiger partial charge in [0, 0.05) is 46.0 Å². The van der Waals surface area contributed by atoms with Gasteiger partial charge in [0.25, 0.3) is 0 Å². The fraction of sp³-hybridized carbons (Fsp3) is 0.778. The lowest BCUT2D eigenvalue weighted by Crippen LogP contribution is -2.43. The monoisotopic (exact) mass is 352 g/mol. The highest BCUT2D eigenvalue weighted by atomic mass is 19.1. The molecular formula is C18H29FN4O2. The average molecular weight is 352 g/mol. The Morgan fingerprint density at radius 1 is 1.48 bits per heavy atom. The predicted molar refractivity (Wildman–Crippen MR) is 92.6 cm³/mol. The van der Waals surface area contributed by atoms with E-state index in [-0.39, 0.29) is 18.4 Å². The second-order valence-corrected chi connectivity index (χ2v) is 7.74. The van der Waals surface area contributed by atoms with E-state index >= 15 is 0 Å². The fourth-order valence-corrected chi connectivity index (χ4v) is 4.11. The largest absolute Gasteiger partial charge is 0.389 e. The van der Waals surface area contributed by atoms with E-state index in [9.17, 15) is 14.3 Å². The van der Waals surface area contributed by atoms with Crippen LogP contribution in [0.2, 0.25) is 0 Å². The van der Waals surface area contributed by atoms with E-state index in [1.165, 1.54) is 0 Å². The lowest BCUT2D eigenvalue weighted by atomic mass is 9.97. The number of hydrogen-bond acceptors (Lipinski definition) is 4. The smallest absolute Gasteiger partial charge is 0.225 e. The Balaban J connectivity index is 1.57. The Labute approximate surface area is 148 Å². The van der Waals surface area contributed by atoms with Crippen molar-refractivity contribution in [2.45, 2.75) is 62.9 Å². The minimum atomic E-state index is -0.860. The van der Waals surface area contributed by atoms with Crippen LogP contribution in [-0.2, 0) is 18.4 Å². The third kappa shape index (κ3) is 4.39. The standard InChI is InChI=1S/C18H29FN4O2/c1-21(17(24)10-18(25)6-3-4-7-18)12-16-9-14(19)11-23(16)13-15-5-8-20-22(15)2/h5,8,14,16,25H,3-4,6-7,9-13H2,1-2H3/t14-,16-/m0/s1. The van der Waals surface area contributed by atoms with Gasteiger partial charge in [0.05, 0.1) is 17.7 Å². The molecule has 0 unspecified atom stereocenters. The molecule has 1 saturated heterocycles. The molecule has 1 aromatic heterocycles. The van der Waals surface area contributed by atoms with E-state index in [1.54, 1.807) is 22.8 Å². The molecule has 25 heavy (non-hydrogen) atoms. The zero-order valence-electron chi connectivity index (χ0n) is 15.2. The van der Waals surface area contributed by atoms with Crippen LogP contribution in [0, 0.1) is 0 Å². The molecule has 1 aromatic rings. The van der Waals surface area contributed by atoms with Crippen molar-refractivity contribution in [3.63, 3.8) is 0 Å². The fourth-order valence-electron chi connectivity index (χ4n) is 4.11. The Morgan fingerprint density at radius 2 is 2.20 bits per heavy atom. The molecular weight excluding hydrogens is 323 g/mol. The van der Waals surface area contributed by atoms with Crippen molar-refractivity contribution in [2.24, 2.45) is 7.05 Å². The van der Waals surface area contributed by atoms with Crippen molar-refractivity contribution in [3.05, 3.63) is 18.0 Å². The lowest BCUT2D eigenvalue weighted by Gasteiger charge is -2.30. The molecule has 0 radical (unpaired) electrons. The molecule has 1 aliphatic heterocycles. The van der Waals surface area contributed by atoms with Gasteiger partial charge in [-0.1, -0.05) is 12.8 Å². The number of likely N-dealkylation sites (tertiary alicyclic amines) is 1. The summed E-state index contributed by atoms with van der Waals surface area (Å²) < 4.78 is 15.8. The molecule has 1 saturated carbocycles. The maximum Gasteiger partial charge on any atom is 0.225 e. The van der Waals surface area contributed by atoms with Gasteiger partial charge < -0.3 is 10.0 Å². The minimum Gasteiger partial charge on any atom is -0.389 e. The van der Waals surface area contributed by atoms with Gasteiger partial charge in [0.2, 0.25) is 5.91 Å². The molecule has 3 rings (SSSR count). The molecule has 0 aromatic carbocycles. The van der Waals surface area contributed by atoms with Crippen LogP contribution in [0.3, 0.4) is 0 Å². The molecule has 2 heterocycles. The molecule has 2 fully saturated rings. The number of alkyl halides is 1. The molecule has 0 spiro atoms. The average Bonchev–Trinajstić information content (AvgIpc) is 3.23. The van der Waals surface area contributed by atoms with Crippen LogP contribution in [0.15, 0.2) is 12.3 Å². The molecule has 140 valence electrons. The Bertz CT molecular complexity index is 600. The lowest BCUT2D eigenvalue weighted by molar-refractivity contribution is -0.135. The van der Waals surface area contributed by atoms with E-state index in [1.807, 2.05) is 13.1 Å². The van der Waals surface area contributed by atoms with Gasteiger partial charge in [-0.3, -0.25) is 14.4 Å². The second-order valence-electron chi connectivity index (χ2n) is 7.74. The van der Waals surface area contributed by atoms with Crippen molar-refractivity contribution < 1.29 is 14.3 Å². The van der Waals surface area contributed by atoms with Crippen molar-refractivity contribution in [2.75, 3.05) is 20.1 Å². The van der Waals surface area contributed by atoms with E-state index in [4.69, 9.17) is 0 Å². The molecule has 2 aliphatic rings. The summed E-state index contributed by atoms with van der Waals surface area (Å²) in [5.41, 5.74) is 0.200. The third-order valence-electron chi connectivity index (χ3n) is 5.69. The maximum absolute atomic E-state index is 14.0. The summed E-state index contributed by atoms with van der Waals surface area (Å²) in [5.74, 6) is -0.0489. The van der Waals surface area contributed by atoms with Gasteiger partial charge in [-0.15, -0.1) is 0 Å². The van der Waals surface area contributed by atoms with Crippen molar-refractivity contribution in [1.29, 1.82) is 0 Å². The van der Waals surface area contributed by atoms with Crippen molar-refractivity contribution in [1.82, 2.24) is 19.6 Å². The molecule has 7 heteroatoms. The molecule has 1 amide bonds. The highest BCUT2D eigenvalue weighted by Gasteiger charge is 2.37. The summed E-state index contributed by atoms with van der Waals surface area (Å²) in [6, 6.07) is 1.93. The first-order valence-electron chi connectivity index (χ1n) is 9.18.